The van der Waals surface area contributed by atoms with E-state index in [4.69, 9.17) is 13.8 Å². The number of carbonyl (C=O) groups is 2. The first kappa shape index (κ1) is 24.1. The van der Waals surface area contributed by atoms with Crippen molar-refractivity contribution in [2.45, 2.75) is 38.8 Å². The number of hydrogen-bond acceptors (Lipinski definition) is 6. The summed E-state index contributed by atoms with van der Waals surface area (Å²) in [6.45, 7) is 6.62. The Morgan fingerprint density at radius 2 is 1.55 bits per heavy atom. The summed E-state index contributed by atoms with van der Waals surface area (Å²) < 4.78 is 33.6. The molecule has 0 aliphatic rings. The van der Waals surface area contributed by atoms with Crippen LogP contribution < -0.4 is 18.8 Å². The van der Waals surface area contributed by atoms with Gasteiger partial charge in [-0.1, -0.05) is 36.4 Å². The van der Waals surface area contributed by atoms with Gasteiger partial charge in [-0.25, -0.2) is 4.57 Å². The lowest BCUT2D eigenvalue weighted by atomic mass is 10.1. The third kappa shape index (κ3) is 8.60. The maximum Gasteiger partial charge on any atom is 0.513 e. The van der Waals surface area contributed by atoms with E-state index in [1.54, 1.807) is 74.5 Å². The first-order chi connectivity index (χ1) is 14.8. The molecule has 0 spiro atoms. The molecule has 0 saturated heterocycles. The van der Waals surface area contributed by atoms with Crippen LogP contribution in [0.25, 0.3) is 0 Å². The molecular weight excluding hydrogens is 419 g/mol. The van der Waals surface area contributed by atoms with Gasteiger partial charge in [-0.2, -0.15) is 5.09 Å². The Morgan fingerprint density at radius 3 is 2.00 bits per heavy atom. The molecule has 0 aliphatic carbocycles. The van der Waals surface area contributed by atoms with Crippen LogP contribution in [0.5, 0.6) is 11.5 Å². The number of Topliss-reactive ketones (excluding diaryl/α,β-unsaturated/α-hetero) is 1. The molecule has 0 aromatic heterocycles. The number of ketones is 1. The van der Waals surface area contributed by atoms with Crippen molar-refractivity contribution in [3.63, 3.8) is 0 Å². The number of nitrogens with zero attached hydrogens (tertiary/aromatic N) is 1. The quantitative estimate of drug-likeness (QED) is 0.231. The molecule has 2 rings (SSSR count). The zero-order valence-electron chi connectivity index (χ0n) is 17.5. The van der Waals surface area contributed by atoms with E-state index >= 15 is 0 Å². The maximum atomic E-state index is 13.6. The van der Waals surface area contributed by atoms with E-state index in [2.05, 4.69) is 16.5 Å². The van der Waals surface area contributed by atoms with Crippen LogP contribution in [-0.2, 0) is 18.9 Å². The van der Waals surface area contributed by atoms with Crippen molar-refractivity contribution in [3.05, 3.63) is 60.7 Å². The second kappa shape index (κ2) is 11.9. The fourth-order valence-electron chi connectivity index (χ4n) is 2.50. The second-order valence-corrected chi connectivity index (χ2v) is 8.41. The summed E-state index contributed by atoms with van der Waals surface area (Å²) in [6.07, 6.45) is 0.612. The van der Waals surface area contributed by atoms with Gasteiger partial charge in [0.1, 0.15) is 17.5 Å². The van der Waals surface area contributed by atoms with Gasteiger partial charge in [0, 0.05) is 6.42 Å². The fourth-order valence-corrected chi connectivity index (χ4v) is 4.06. The van der Waals surface area contributed by atoms with Crippen LogP contribution in [0.1, 0.15) is 26.7 Å². The molecule has 2 aromatic rings. The average Bonchev–Trinajstić information content (AvgIpc) is 2.72. The van der Waals surface area contributed by atoms with Crippen molar-refractivity contribution in [2.24, 2.45) is 0 Å². The minimum absolute atomic E-state index is 0.00328. The van der Waals surface area contributed by atoms with Crippen LogP contribution in [0.3, 0.4) is 0 Å². The molecule has 2 aromatic carbocycles. The van der Waals surface area contributed by atoms with Gasteiger partial charge in [-0.3, -0.25) is 9.59 Å². The van der Waals surface area contributed by atoms with Crippen molar-refractivity contribution in [1.29, 1.82) is 0 Å². The van der Waals surface area contributed by atoms with Crippen LogP contribution in [-0.4, -0.2) is 36.8 Å². The van der Waals surface area contributed by atoms with Gasteiger partial charge in [-0.15, -0.1) is 4.67 Å². The van der Waals surface area contributed by atoms with Crippen molar-refractivity contribution in [1.82, 2.24) is 9.76 Å². The van der Waals surface area contributed by atoms with Gasteiger partial charge in [0.2, 0.25) is 5.78 Å². The molecule has 0 radical (unpaired) electrons. The normalized spacial score (nSPS) is 11.8. The Balaban J connectivity index is 2.30. The summed E-state index contributed by atoms with van der Waals surface area (Å²) in [5.74, 6) is -0.444. The summed E-state index contributed by atoms with van der Waals surface area (Å²) in [4.78, 5) is 24.5. The van der Waals surface area contributed by atoms with E-state index < -0.39 is 25.9 Å². The Labute approximate surface area is 181 Å². The molecule has 0 bridgehead atoms. The summed E-state index contributed by atoms with van der Waals surface area (Å²) in [7, 11) is -4.10. The van der Waals surface area contributed by atoms with Gasteiger partial charge < -0.3 is 13.8 Å². The monoisotopic (exact) mass is 445 g/mol. The van der Waals surface area contributed by atoms with E-state index in [-0.39, 0.29) is 30.1 Å². The molecule has 0 amide bonds. The highest BCUT2D eigenvalue weighted by Gasteiger charge is 2.36. The van der Waals surface area contributed by atoms with Gasteiger partial charge >= 0.3 is 19.9 Å². The first-order valence-corrected chi connectivity index (χ1v) is 11.2. The van der Waals surface area contributed by atoms with E-state index in [0.29, 0.717) is 0 Å². The number of esters is 1. The topological polar surface area (TPSA) is 105 Å². The van der Waals surface area contributed by atoms with Crippen LogP contribution in [0.15, 0.2) is 60.7 Å². The molecule has 8 nitrogen and oxygen atoms in total. The van der Waals surface area contributed by atoms with Crippen LogP contribution >= 0.6 is 7.75 Å². The van der Waals surface area contributed by atoms with Gasteiger partial charge in [0.05, 0.1) is 6.10 Å². The molecule has 1 atom stereocenters. The Bertz CT molecular complexity index is 913. The van der Waals surface area contributed by atoms with Gasteiger partial charge in [-0.05, 0) is 44.5 Å². The smallest absolute Gasteiger partial charge is 0.462 e. The van der Waals surface area contributed by atoms with E-state index in [9.17, 15) is 14.2 Å². The SMILES string of the molecule is C=[N+]=CC(=O)CC[C@H](NP(=O)(Oc1ccccc1)Oc1ccccc1)C(=O)OC(C)C. The van der Waals surface area contributed by atoms with Crippen molar-refractivity contribution < 1.29 is 27.9 Å². The van der Waals surface area contributed by atoms with Crippen LogP contribution in [0, 0.1) is 0 Å². The van der Waals surface area contributed by atoms with E-state index in [1.165, 1.54) is 0 Å². The highest BCUT2D eigenvalue weighted by Crippen LogP contribution is 2.45. The number of carbonyl (C=O) groups excluding carboxylic acids is 2. The molecule has 31 heavy (non-hydrogen) atoms. The summed E-state index contributed by atoms with van der Waals surface area (Å²) in [5.41, 5.74) is 0. The van der Waals surface area contributed by atoms with Crippen molar-refractivity contribution >= 4 is 32.4 Å². The fraction of sp³-hybridized carbons (Fsp3) is 0.273. The number of benzene rings is 2. The second-order valence-electron chi connectivity index (χ2n) is 6.79. The number of ether oxygens (including phenoxy) is 1. The van der Waals surface area contributed by atoms with Crippen molar-refractivity contribution in [3.8, 4) is 11.5 Å². The lowest BCUT2D eigenvalue weighted by molar-refractivity contribution is -0.149. The largest absolute Gasteiger partial charge is 0.513 e. The van der Waals surface area contributed by atoms with Gasteiger partial charge in [0.15, 0.2) is 0 Å². The van der Waals surface area contributed by atoms with E-state index in [1.807, 2.05) is 0 Å². The third-order valence-corrected chi connectivity index (χ3v) is 5.33. The molecule has 0 fully saturated rings. The molecule has 9 heteroatoms. The zero-order valence-corrected chi connectivity index (χ0v) is 18.4. The standard InChI is InChI=1S/C22H26N2O6P/c1-17(2)28-22(26)21(15-14-18(25)16-23-3)24-31(27,29-19-10-6-4-7-11-19)30-20-12-8-5-9-13-20/h4-13,16-17,21H,3,14-15H2,1-2H3,(H,24,27)/q+1/t21-/m0/s1. The molecule has 0 aliphatic heterocycles. The Morgan fingerprint density at radius 1 is 1.03 bits per heavy atom. The van der Waals surface area contributed by atoms with Crippen LogP contribution in [0.2, 0.25) is 0 Å². The first-order valence-electron chi connectivity index (χ1n) is 9.71. The lowest BCUT2D eigenvalue weighted by Gasteiger charge is -2.25. The number of para-hydroxylation sites is 2. The summed E-state index contributed by atoms with van der Waals surface area (Å²) >= 11 is 0. The summed E-state index contributed by atoms with van der Waals surface area (Å²) in [5, 5.41) is 2.65. The predicted octanol–water partition coefficient (Wildman–Crippen LogP) is 3.35. The minimum Gasteiger partial charge on any atom is -0.462 e. The Kier molecular flexibility index (Phi) is 9.22. The van der Waals surface area contributed by atoms with E-state index in [0.717, 1.165) is 6.21 Å². The third-order valence-electron chi connectivity index (χ3n) is 3.80. The maximum absolute atomic E-state index is 13.6. The van der Waals surface area contributed by atoms with Crippen LogP contribution in [0.4, 0.5) is 0 Å². The summed E-state index contributed by atoms with van der Waals surface area (Å²) in [6, 6.07) is 15.7. The highest BCUT2D eigenvalue weighted by molar-refractivity contribution is 7.52. The minimum atomic E-state index is -4.10. The van der Waals surface area contributed by atoms with Gasteiger partial charge in [0.25, 0.3) is 6.72 Å². The molecular formula is C22H26N2O6P+. The molecule has 0 saturated carbocycles. The predicted molar refractivity (Wildman–Crippen MR) is 119 cm³/mol. The zero-order chi connectivity index (χ0) is 22.7. The Hall–Kier alpha value is -3.18. The molecule has 0 heterocycles. The molecule has 164 valence electrons. The average molecular weight is 445 g/mol. The lowest BCUT2D eigenvalue weighted by Crippen LogP contribution is -2.39. The highest BCUT2D eigenvalue weighted by atomic mass is 31.2. The molecule has 1 N–H and O–H groups in total. The van der Waals surface area contributed by atoms with Crippen molar-refractivity contribution in [2.75, 3.05) is 0 Å². The number of nitrogens with one attached hydrogen (secondary N) is 1. The number of hydrogen-bond donors (Lipinski definition) is 1. The number of rotatable bonds is 12. The molecule has 0 unspecified atom stereocenters.